The highest BCUT2D eigenvalue weighted by atomic mass is 32.2. The van der Waals surface area contributed by atoms with Gasteiger partial charge in [0.1, 0.15) is 0 Å². The van der Waals surface area contributed by atoms with Gasteiger partial charge in [-0.25, -0.2) is 0 Å². The van der Waals surface area contributed by atoms with Crippen LogP contribution in [0, 0.1) is 5.41 Å². The van der Waals surface area contributed by atoms with Crippen molar-refractivity contribution in [2.24, 2.45) is 5.41 Å². The first kappa shape index (κ1) is 14.3. The molecule has 0 saturated carbocycles. The summed E-state index contributed by atoms with van der Waals surface area (Å²) in [5.41, 5.74) is 0.0786. The van der Waals surface area contributed by atoms with E-state index >= 15 is 0 Å². The number of ketones is 1. The molecule has 1 aliphatic rings. The molecule has 4 heteroatoms. The van der Waals surface area contributed by atoms with Crippen LogP contribution in [0.25, 0.3) is 0 Å². The van der Waals surface area contributed by atoms with E-state index in [0.29, 0.717) is 12.8 Å². The molecule has 1 aliphatic carbocycles. The van der Waals surface area contributed by atoms with Crippen molar-refractivity contribution >= 4 is 23.5 Å². The first-order valence-corrected chi connectivity index (χ1v) is 6.96. The summed E-state index contributed by atoms with van der Waals surface area (Å²) < 4.78 is 0. The zero-order valence-electron chi connectivity index (χ0n) is 10.5. The van der Waals surface area contributed by atoms with E-state index in [1.54, 1.807) is 17.8 Å². The average Bonchev–Trinajstić information content (AvgIpc) is 2.13. The number of carbonyl (C=O) groups excluding carboxylic acids is 1. The average molecular weight is 256 g/mol. The fourth-order valence-corrected chi connectivity index (χ4v) is 3.28. The topological polar surface area (TPSA) is 54.4 Å². The second-order valence-corrected chi connectivity index (χ2v) is 6.52. The maximum Gasteiger partial charge on any atom is 0.303 e. The van der Waals surface area contributed by atoms with Crippen LogP contribution in [0.5, 0.6) is 0 Å². The maximum absolute atomic E-state index is 11.5. The van der Waals surface area contributed by atoms with E-state index in [1.165, 1.54) is 0 Å². The van der Waals surface area contributed by atoms with Crippen LogP contribution in [-0.2, 0) is 9.59 Å². The van der Waals surface area contributed by atoms with E-state index in [0.717, 1.165) is 23.5 Å². The Hall–Kier alpha value is -0.770. The van der Waals surface area contributed by atoms with Crippen molar-refractivity contribution in [1.82, 2.24) is 0 Å². The number of hydrogen-bond acceptors (Lipinski definition) is 3. The third-order valence-corrected chi connectivity index (χ3v) is 3.83. The number of allylic oxidation sites excluding steroid dienone is 2. The lowest BCUT2D eigenvalue weighted by Gasteiger charge is -2.28. The fourth-order valence-electron chi connectivity index (χ4n) is 1.96. The van der Waals surface area contributed by atoms with Crippen molar-refractivity contribution in [3.05, 3.63) is 11.0 Å². The Morgan fingerprint density at radius 2 is 2.12 bits per heavy atom. The molecule has 1 N–H and O–H groups in total. The van der Waals surface area contributed by atoms with Gasteiger partial charge in [0.15, 0.2) is 5.78 Å². The highest BCUT2D eigenvalue weighted by molar-refractivity contribution is 8.03. The van der Waals surface area contributed by atoms with Crippen LogP contribution in [0.15, 0.2) is 11.0 Å². The van der Waals surface area contributed by atoms with Crippen LogP contribution in [0.1, 0.15) is 46.0 Å². The number of thioether (sulfide) groups is 1. The van der Waals surface area contributed by atoms with Gasteiger partial charge < -0.3 is 5.11 Å². The molecule has 3 nitrogen and oxygen atoms in total. The van der Waals surface area contributed by atoms with Crippen molar-refractivity contribution in [2.45, 2.75) is 46.0 Å². The number of rotatable bonds is 6. The second-order valence-electron chi connectivity index (χ2n) is 5.29. The summed E-state index contributed by atoms with van der Waals surface area (Å²) in [5, 5.41) is 8.50. The molecule has 96 valence electrons. The van der Waals surface area contributed by atoms with Crippen LogP contribution in [-0.4, -0.2) is 22.6 Å². The molecule has 0 atom stereocenters. The summed E-state index contributed by atoms with van der Waals surface area (Å²) in [6.07, 6.45) is 5.20. The Bertz CT molecular complexity index is 332. The molecule has 0 aliphatic heterocycles. The van der Waals surface area contributed by atoms with Crippen LogP contribution >= 0.6 is 11.8 Å². The van der Waals surface area contributed by atoms with E-state index in [2.05, 4.69) is 13.8 Å². The Kier molecular flexibility index (Phi) is 5.25. The summed E-state index contributed by atoms with van der Waals surface area (Å²) in [4.78, 5) is 23.0. The summed E-state index contributed by atoms with van der Waals surface area (Å²) in [6, 6.07) is 0. The summed E-state index contributed by atoms with van der Waals surface area (Å²) in [6.45, 7) is 4.23. The van der Waals surface area contributed by atoms with Gasteiger partial charge in [-0.3, -0.25) is 9.59 Å². The first-order chi connectivity index (χ1) is 7.89. The van der Waals surface area contributed by atoms with Crippen LogP contribution in [0.3, 0.4) is 0 Å². The molecule has 0 fully saturated rings. The molecular weight excluding hydrogens is 236 g/mol. The first-order valence-electron chi connectivity index (χ1n) is 5.97. The molecule has 0 saturated heterocycles. The third-order valence-electron chi connectivity index (χ3n) is 2.70. The molecule has 0 aromatic rings. The fraction of sp³-hybridized carbons (Fsp3) is 0.692. The lowest BCUT2D eigenvalue weighted by Crippen LogP contribution is -2.21. The minimum absolute atomic E-state index is 0.0786. The monoisotopic (exact) mass is 256 g/mol. The second kappa shape index (κ2) is 6.24. The summed E-state index contributed by atoms with van der Waals surface area (Å²) in [5.74, 6) is 0.389. The molecule has 0 heterocycles. The van der Waals surface area contributed by atoms with Gasteiger partial charge in [0, 0.05) is 12.8 Å². The number of unbranched alkanes of at least 4 members (excludes halogenated alkanes) is 1. The van der Waals surface area contributed by atoms with E-state index < -0.39 is 5.97 Å². The quantitative estimate of drug-likeness (QED) is 0.741. The number of carboxylic acid groups (broad SMARTS) is 1. The van der Waals surface area contributed by atoms with Gasteiger partial charge in [0.2, 0.25) is 0 Å². The van der Waals surface area contributed by atoms with Gasteiger partial charge >= 0.3 is 5.97 Å². The van der Waals surface area contributed by atoms with Crippen LogP contribution in [0.4, 0.5) is 0 Å². The third kappa shape index (κ3) is 5.91. The zero-order chi connectivity index (χ0) is 12.9. The Morgan fingerprint density at radius 1 is 1.41 bits per heavy atom. The number of hydrogen-bond donors (Lipinski definition) is 1. The molecule has 0 aromatic carbocycles. The molecule has 0 bridgehead atoms. The lowest BCUT2D eigenvalue weighted by molar-refractivity contribution is -0.137. The minimum atomic E-state index is -0.733. The maximum atomic E-state index is 11.5. The van der Waals surface area contributed by atoms with E-state index in [1.807, 2.05) is 0 Å². The van der Waals surface area contributed by atoms with Crippen LogP contribution in [0.2, 0.25) is 0 Å². The predicted molar refractivity (Wildman–Crippen MR) is 70.0 cm³/mol. The largest absolute Gasteiger partial charge is 0.481 e. The minimum Gasteiger partial charge on any atom is -0.481 e. The Morgan fingerprint density at radius 3 is 2.71 bits per heavy atom. The summed E-state index contributed by atoms with van der Waals surface area (Å²) >= 11 is 1.70. The molecule has 17 heavy (non-hydrogen) atoms. The molecule has 1 rings (SSSR count). The number of carbonyl (C=O) groups is 2. The van der Waals surface area contributed by atoms with Gasteiger partial charge in [0.25, 0.3) is 0 Å². The van der Waals surface area contributed by atoms with Crippen molar-refractivity contribution in [3.63, 3.8) is 0 Å². The van der Waals surface area contributed by atoms with Crippen molar-refractivity contribution < 1.29 is 14.7 Å². The van der Waals surface area contributed by atoms with Gasteiger partial charge in [-0.05, 0) is 41.4 Å². The number of aliphatic carboxylic acids is 1. The van der Waals surface area contributed by atoms with E-state index in [4.69, 9.17) is 5.11 Å². The molecule has 0 amide bonds. The van der Waals surface area contributed by atoms with Crippen molar-refractivity contribution in [3.8, 4) is 0 Å². The van der Waals surface area contributed by atoms with Crippen molar-refractivity contribution in [1.29, 1.82) is 0 Å². The predicted octanol–water partition coefficient (Wildman–Crippen LogP) is 3.25. The smallest absolute Gasteiger partial charge is 0.303 e. The van der Waals surface area contributed by atoms with Crippen molar-refractivity contribution in [2.75, 3.05) is 5.75 Å². The normalized spacial score (nSPS) is 18.9. The zero-order valence-corrected chi connectivity index (χ0v) is 11.3. The van der Waals surface area contributed by atoms with Gasteiger partial charge in [-0.15, -0.1) is 11.8 Å². The van der Waals surface area contributed by atoms with Gasteiger partial charge in [-0.2, -0.15) is 0 Å². The van der Waals surface area contributed by atoms with Gasteiger partial charge in [0.05, 0.1) is 0 Å². The SMILES string of the molecule is CC1(C)CC(=O)C=C(SCCCCC(=O)O)C1. The Labute approximate surface area is 107 Å². The highest BCUT2D eigenvalue weighted by Gasteiger charge is 2.27. The summed E-state index contributed by atoms with van der Waals surface area (Å²) in [7, 11) is 0. The standard InChI is InChI=1S/C13H20O3S/c1-13(2)8-10(14)7-11(9-13)17-6-4-3-5-12(15)16/h7H,3-6,8-9H2,1-2H3,(H,15,16). The number of carboxylic acids is 1. The molecular formula is C13H20O3S. The van der Waals surface area contributed by atoms with E-state index in [-0.39, 0.29) is 17.6 Å². The van der Waals surface area contributed by atoms with Crippen LogP contribution < -0.4 is 0 Å². The van der Waals surface area contributed by atoms with Gasteiger partial charge in [-0.1, -0.05) is 13.8 Å². The lowest BCUT2D eigenvalue weighted by atomic mass is 9.80. The molecule has 0 unspecified atom stereocenters. The molecule has 0 spiro atoms. The Balaban J connectivity index is 2.27. The molecule has 0 aromatic heterocycles. The van der Waals surface area contributed by atoms with E-state index in [9.17, 15) is 9.59 Å². The molecule has 0 radical (unpaired) electrons. The highest BCUT2D eigenvalue weighted by Crippen LogP contribution is 2.38.